The molecule has 4 heteroatoms. The summed E-state index contributed by atoms with van der Waals surface area (Å²) in [4.78, 5) is 12.4. The standard InChI is InChI=1S/C17H21NO2S/c1-5-17(18-12(3)19)21-16-9-11(2)8-13-6-7-14(20-4)10-15(13)16/h5-7,9-11H,8H2,1-4H3,(H,18,19)/b17-5+. The summed E-state index contributed by atoms with van der Waals surface area (Å²) in [5.74, 6) is 1.30. The van der Waals surface area contributed by atoms with Gasteiger partial charge in [0.05, 0.1) is 12.1 Å². The first kappa shape index (κ1) is 15.7. The van der Waals surface area contributed by atoms with Crippen LogP contribution in [0.1, 0.15) is 31.9 Å². The largest absolute Gasteiger partial charge is 0.497 e. The smallest absolute Gasteiger partial charge is 0.221 e. The number of benzene rings is 1. The first-order chi connectivity index (χ1) is 10.0. The number of hydrogen-bond donors (Lipinski definition) is 1. The molecule has 2 rings (SSSR count). The lowest BCUT2D eigenvalue weighted by atomic mass is 9.90. The second kappa shape index (κ2) is 6.85. The van der Waals surface area contributed by atoms with E-state index in [0.717, 1.165) is 17.2 Å². The quantitative estimate of drug-likeness (QED) is 0.915. The molecule has 0 bridgehead atoms. The number of ether oxygens (including phenoxy) is 1. The van der Waals surface area contributed by atoms with Crippen molar-refractivity contribution in [3.05, 3.63) is 46.5 Å². The lowest BCUT2D eigenvalue weighted by Gasteiger charge is -2.23. The highest BCUT2D eigenvalue weighted by Gasteiger charge is 2.19. The van der Waals surface area contributed by atoms with Crippen LogP contribution in [0.25, 0.3) is 4.91 Å². The maximum absolute atomic E-state index is 11.3. The molecule has 1 aromatic carbocycles. The number of rotatable bonds is 4. The molecule has 1 aromatic rings. The highest BCUT2D eigenvalue weighted by atomic mass is 32.2. The number of methoxy groups -OCH3 is 1. The highest BCUT2D eigenvalue weighted by molar-refractivity contribution is 8.11. The summed E-state index contributed by atoms with van der Waals surface area (Å²) in [6.45, 7) is 5.66. The van der Waals surface area contributed by atoms with Gasteiger partial charge in [-0.2, -0.15) is 0 Å². The molecule has 0 saturated heterocycles. The van der Waals surface area contributed by atoms with Gasteiger partial charge in [-0.1, -0.05) is 36.9 Å². The van der Waals surface area contributed by atoms with Crippen molar-refractivity contribution in [2.45, 2.75) is 27.2 Å². The van der Waals surface area contributed by atoms with E-state index >= 15 is 0 Å². The van der Waals surface area contributed by atoms with E-state index in [9.17, 15) is 4.79 Å². The third kappa shape index (κ3) is 3.91. The third-order valence-electron chi connectivity index (χ3n) is 3.34. The van der Waals surface area contributed by atoms with Crippen LogP contribution in [0, 0.1) is 5.92 Å². The van der Waals surface area contributed by atoms with E-state index in [2.05, 4.69) is 30.4 Å². The second-order valence-corrected chi connectivity index (χ2v) is 6.26. The summed E-state index contributed by atoms with van der Waals surface area (Å²) in [5, 5.41) is 3.72. The fourth-order valence-corrected chi connectivity index (χ4v) is 3.53. The van der Waals surface area contributed by atoms with Crippen LogP contribution in [0.3, 0.4) is 0 Å². The third-order valence-corrected chi connectivity index (χ3v) is 4.48. The number of fused-ring (bicyclic) bond motifs is 1. The molecular weight excluding hydrogens is 282 g/mol. The summed E-state index contributed by atoms with van der Waals surface area (Å²) in [6, 6.07) is 6.20. The van der Waals surface area contributed by atoms with Crippen LogP contribution in [0.4, 0.5) is 0 Å². The zero-order chi connectivity index (χ0) is 15.4. The molecule has 0 aliphatic heterocycles. The van der Waals surface area contributed by atoms with Gasteiger partial charge >= 0.3 is 0 Å². The maximum atomic E-state index is 11.3. The maximum Gasteiger partial charge on any atom is 0.221 e. The van der Waals surface area contributed by atoms with Crippen LogP contribution in [0.5, 0.6) is 5.75 Å². The van der Waals surface area contributed by atoms with Gasteiger partial charge in [-0.05, 0) is 42.5 Å². The second-order valence-electron chi connectivity index (χ2n) is 5.17. The van der Waals surface area contributed by atoms with Crippen molar-refractivity contribution in [2.75, 3.05) is 7.11 Å². The monoisotopic (exact) mass is 303 g/mol. The molecule has 0 radical (unpaired) electrons. The average molecular weight is 303 g/mol. The van der Waals surface area contributed by atoms with Crippen LogP contribution in [0.2, 0.25) is 0 Å². The van der Waals surface area contributed by atoms with Gasteiger partial charge in [-0.3, -0.25) is 4.79 Å². The Hall–Kier alpha value is -1.68. The van der Waals surface area contributed by atoms with E-state index < -0.39 is 0 Å². The molecule has 0 saturated carbocycles. The summed E-state index contributed by atoms with van der Waals surface area (Å²) < 4.78 is 5.33. The number of carbonyl (C=O) groups excluding carboxylic acids is 1. The molecule has 0 spiro atoms. The summed E-state index contributed by atoms with van der Waals surface area (Å²) in [5.41, 5.74) is 2.52. The molecule has 21 heavy (non-hydrogen) atoms. The summed E-state index contributed by atoms with van der Waals surface area (Å²) >= 11 is 1.59. The highest BCUT2D eigenvalue weighted by Crippen LogP contribution is 2.40. The average Bonchev–Trinajstić information content (AvgIpc) is 2.45. The molecule has 0 heterocycles. The Labute approximate surface area is 130 Å². The molecule has 1 unspecified atom stereocenters. The van der Waals surface area contributed by atoms with Gasteiger partial charge in [-0.25, -0.2) is 0 Å². The summed E-state index contributed by atoms with van der Waals surface area (Å²) in [6.07, 6.45) is 5.22. The number of allylic oxidation sites excluding steroid dienone is 2. The van der Waals surface area contributed by atoms with Crippen molar-refractivity contribution >= 4 is 22.6 Å². The predicted molar refractivity (Wildman–Crippen MR) is 89.0 cm³/mol. The van der Waals surface area contributed by atoms with Crippen molar-refractivity contribution in [3.8, 4) is 5.75 Å². The molecule has 1 aliphatic carbocycles. The van der Waals surface area contributed by atoms with Crippen molar-refractivity contribution in [1.82, 2.24) is 5.32 Å². The van der Waals surface area contributed by atoms with Gasteiger partial charge in [-0.15, -0.1) is 0 Å². The molecule has 0 aromatic heterocycles. The molecule has 1 aliphatic rings. The number of hydrogen-bond acceptors (Lipinski definition) is 3. The van der Waals surface area contributed by atoms with E-state index in [4.69, 9.17) is 4.74 Å². The van der Waals surface area contributed by atoms with Gasteiger partial charge < -0.3 is 10.1 Å². The van der Waals surface area contributed by atoms with E-state index in [0.29, 0.717) is 5.92 Å². The van der Waals surface area contributed by atoms with Gasteiger partial charge in [0, 0.05) is 11.8 Å². The lowest BCUT2D eigenvalue weighted by Crippen LogP contribution is -2.17. The van der Waals surface area contributed by atoms with Gasteiger partial charge in [0.2, 0.25) is 5.91 Å². The topological polar surface area (TPSA) is 38.3 Å². The van der Waals surface area contributed by atoms with Crippen molar-refractivity contribution in [1.29, 1.82) is 0 Å². The number of amides is 1. The molecule has 0 fully saturated rings. The van der Waals surface area contributed by atoms with E-state index in [1.807, 2.05) is 19.1 Å². The Morgan fingerprint density at radius 3 is 2.86 bits per heavy atom. The molecule has 3 nitrogen and oxygen atoms in total. The van der Waals surface area contributed by atoms with Crippen molar-refractivity contribution in [3.63, 3.8) is 0 Å². The number of carbonyl (C=O) groups is 1. The Bertz CT molecular complexity index is 605. The first-order valence-electron chi connectivity index (χ1n) is 7.04. The van der Waals surface area contributed by atoms with Crippen LogP contribution < -0.4 is 10.1 Å². The Kier molecular flexibility index (Phi) is 5.12. The Balaban J connectivity index is 2.32. The molecule has 112 valence electrons. The predicted octanol–water partition coefficient (Wildman–Crippen LogP) is 3.96. The molecule has 1 atom stereocenters. The normalized spacial score (nSPS) is 17.8. The molecule has 1 amide bonds. The van der Waals surface area contributed by atoms with Gasteiger partial charge in [0.15, 0.2) is 0 Å². The zero-order valence-electron chi connectivity index (χ0n) is 12.9. The SMILES string of the molecule is C/C=C(\NC(C)=O)SC1=CC(C)Cc2ccc(OC)cc21. The van der Waals surface area contributed by atoms with Crippen LogP contribution >= 0.6 is 11.8 Å². The van der Waals surface area contributed by atoms with Gasteiger partial charge in [0.1, 0.15) is 5.75 Å². The molecule has 1 N–H and O–H groups in total. The molecular formula is C17H21NO2S. The van der Waals surface area contributed by atoms with E-state index in [-0.39, 0.29) is 5.91 Å². The number of nitrogens with one attached hydrogen (secondary N) is 1. The Morgan fingerprint density at radius 1 is 1.48 bits per heavy atom. The van der Waals surface area contributed by atoms with Crippen LogP contribution in [-0.2, 0) is 11.2 Å². The van der Waals surface area contributed by atoms with E-state index in [1.54, 1.807) is 18.9 Å². The number of thioether (sulfide) groups is 1. The van der Waals surface area contributed by atoms with E-state index in [1.165, 1.54) is 23.0 Å². The Morgan fingerprint density at radius 2 is 2.24 bits per heavy atom. The minimum atomic E-state index is -0.0501. The summed E-state index contributed by atoms with van der Waals surface area (Å²) in [7, 11) is 1.68. The van der Waals surface area contributed by atoms with Crippen LogP contribution in [-0.4, -0.2) is 13.0 Å². The van der Waals surface area contributed by atoms with Gasteiger partial charge in [0.25, 0.3) is 0 Å². The fraction of sp³-hybridized carbons (Fsp3) is 0.353. The fourth-order valence-electron chi connectivity index (χ4n) is 2.38. The zero-order valence-corrected chi connectivity index (χ0v) is 13.7. The minimum Gasteiger partial charge on any atom is -0.497 e. The first-order valence-corrected chi connectivity index (χ1v) is 7.86. The van der Waals surface area contributed by atoms with Crippen LogP contribution in [0.15, 0.2) is 35.4 Å². The van der Waals surface area contributed by atoms with Crippen molar-refractivity contribution in [2.24, 2.45) is 5.92 Å². The van der Waals surface area contributed by atoms with Crippen molar-refractivity contribution < 1.29 is 9.53 Å². The minimum absolute atomic E-state index is 0.0501. The lowest BCUT2D eigenvalue weighted by molar-refractivity contribution is -0.118.